The third-order valence-corrected chi connectivity index (χ3v) is 6.09. The predicted molar refractivity (Wildman–Crippen MR) is 135 cm³/mol. The van der Waals surface area contributed by atoms with Crippen molar-refractivity contribution in [3.63, 3.8) is 0 Å². The van der Waals surface area contributed by atoms with E-state index in [9.17, 15) is 9.59 Å². The van der Waals surface area contributed by atoms with Crippen LogP contribution in [0.3, 0.4) is 0 Å². The number of fused-ring (bicyclic) bond motifs is 1. The molecule has 0 amide bonds. The Morgan fingerprint density at radius 3 is 2.21 bits per heavy atom. The zero-order valence-electron chi connectivity index (χ0n) is 19.8. The summed E-state index contributed by atoms with van der Waals surface area (Å²) < 4.78 is 12.1. The first-order chi connectivity index (χ1) is 16.2. The van der Waals surface area contributed by atoms with Crippen LogP contribution in [-0.2, 0) is 32.0 Å². The summed E-state index contributed by atoms with van der Waals surface area (Å²) in [6, 6.07) is 12.1. The maximum absolute atomic E-state index is 12.7. The van der Waals surface area contributed by atoms with Gasteiger partial charge < -0.3 is 14.0 Å². The molecule has 182 valence electrons. The average Bonchev–Trinajstić information content (AvgIpc) is 3.13. The minimum atomic E-state index is -0.715. The van der Waals surface area contributed by atoms with Crippen LogP contribution >= 0.6 is 23.2 Å². The Bertz CT molecular complexity index is 1140. The lowest BCUT2D eigenvalue weighted by molar-refractivity contribution is -0.146. The van der Waals surface area contributed by atoms with Gasteiger partial charge in [0.1, 0.15) is 12.1 Å². The lowest BCUT2D eigenvalue weighted by Gasteiger charge is -2.23. The average molecular weight is 505 g/mol. The van der Waals surface area contributed by atoms with Crippen molar-refractivity contribution in [3.8, 4) is 0 Å². The molecule has 1 heterocycles. The van der Waals surface area contributed by atoms with Crippen molar-refractivity contribution in [3.05, 3.63) is 69.8 Å². The van der Waals surface area contributed by atoms with E-state index in [2.05, 4.69) is 9.88 Å². The third kappa shape index (κ3) is 6.53. The molecule has 2 atom stereocenters. The number of benzene rings is 2. The minimum absolute atomic E-state index is 0.237. The van der Waals surface area contributed by atoms with E-state index < -0.39 is 24.0 Å². The van der Waals surface area contributed by atoms with Gasteiger partial charge in [0.25, 0.3) is 0 Å². The first-order valence-corrected chi connectivity index (χ1v) is 11.9. The summed E-state index contributed by atoms with van der Waals surface area (Å²) in [6.45, 7) is 4.59. The summed E-state index contributed by atoms with van der Waals surface area (Å²) in [5, 5.41) is 5.35. The molecule has 0 fully saturated rings. The second-order valence-corrected chi connectivity index (χ2v) is 9.60. The molecule has 0 aliphatic carbocycles. The van der Waals surface area contributed by atoms with E-state index in [-0.39, 0.29) is 5.92 Å². The first-order valence-electron chi connectivity index (χ1n) is 11.1. The Balaban J connectivity index is 1.94. The number of methoxy groups -OCH3 is 2. The summed E-state index contributed by atoms with van der Waals surface area (Å²) >= 11 is 12.4. The highest BCUT2D eigenvalue weighted by Gasteiger charge is 2.29. The van der Waals surface area contributed by atoms with E-state index in [4.69, 9.17) is 32.7 Å². The second-order valence-electron chi connectivity index (χ2n) is 8.73. The van der Waals surface area contributed by atoms with Crippen LogP contribution in [0.1, 0.15) is 31.4 Å². The molecule has 1 aromatic heterocycles. The Morgan fingerprint density at radius 2 is 1.59 bits per heavy atom. The van der Waals surface area contributed by atoms with Gasteiger partial charge in [-0.2, -0.15) is 0 Å². The SMILES string of the molecule is COC(=O)C(Cc1cn(Cc2cc(Cl)cc(Cl)c2)c2ccccc12)N[C@@H](CC(C)C)C(=O)OC. The van der Waals surface area contributed by atoms with Crippen LogP contribution in [0.4, 0.5) is 0 Å². The van der Waals surface area contributed by atoms with Crippen molar-refractivity contribution < 1.29 is 19.1 Å². The fourth-order valence-electron chi connectivity index (χ4n) is 4.18. The fraction of sp³-hybridized carbons (Fsp3) is 0.385. The molecule has 8 heteroatoms. The Kier molecular flexibility index (Phi) is 9.00. The van der Waals surface area contributed by atoms with E-state index in [0.717, 1.165) is 22.0 Å². The van der Waals surface area contributed by atoms with Crippen molar-refractivity contribution in [2.24, 2.45) is 5.92 Å². The van der Waals surface area contributed by atoms with E-state index >= 15 is 0 Å². The predicted octanol–water partition coefficient (Wildman–Crippen LogP) is 5.26. The second kappa shape index (κ2) is 11.7. The van der Waals surface area contributed by atoms with Crippen LogP contribution in [0, 0.1) is 5.92 Å². The molecule has 0 saturated heterocycles. The number of para-hydroxylation sites is 1. The molecule has 6 nitrogen and oxygen atoms in total. The fourth-order valence-corrected chi connectivity index (χ4v) is 4.75. The zero-order valence-corrected chi connectivity index (χ0v) is 21.3. The highest BCUT2D eigenvalue weighted by atomic mass is 35.5. The molecule has 2 aromatic carbocycles. The monoisotopic (exact) mass is 504 g/mol. The van der Waals surface area contributed by atoms with Gasteiger partial charge in [-0.25, -0.2) is 0 Å². The zero-order chi connectivity index (χ0) is 24.8. The Labute approximate surface area is 210 Å². The van der Waals surface area contributed by atoms with E-state index in [1.54, 1.807) is 6.07 Å². The van der Waals surface area contributed by atoms with Crippen LogP contribution in [0.15, 0.2) is 48.7 Å². The van der Waals surface area contributed by atoms with Crippen LogP contribution < -0.4 is 5.32 Å². The number of nitrogens with one attached hydrogen (secondary N) is 1. The number of nitrogens with zero attached hydrogens (tertiary/aromatic N) is 1. The van der Waals surface area contributed by atoms with Crippen molar-refractivity contribution in [2.75, 3.05) is 14.2 Å². The van der Waals surface area contributed by atoms with Crippen molar-refractivity contribution in [1.29, 1.82) is 0 Å². The van der Waals surface area contributed by atoms with Gasteiger partial charge in [-0.3, -0.25) is 14.9 Å². The summed E-state index contributed by atoms with van der Waals surface area (Å²) in [5.74, 6) is -0.597. The molecule has 1 unspecified atom stereocenters. The van der Waals surface area contributed by atoms with E-state index in [0.29, 0.717) is 29.4 Å². The van der Waals surface area contributed by atoms with Crippen molar-refractivity contribution in [2.45, 2.75) is 45.3 Å². The molecule has 34 heavy (non-hydrogen) atoms. The molecule has 0 aliphatic rings. The molecule has 0 aliphatic heterocycles. The smallest absolute Gasteiger partial charge is 0.323 e. The van der Waals surface area contributed by atoms with Gasteiger partial charge in [-0.1, -0.05) is 55.2 Å². The van der Waals surface area contributed by atoms with Gasteiger partial charge in [0.15, 0.2) is 0 Å². The quantitative estimate of drug-likeness (QED) is 0.381. The van der Waals surface area contributed by atoms with Gasteiger partial charge in [0.2, 0.25) is 0 Å². The van der Waals surface area contributed by atoms with Gasteiger partial charge in [0.05, 0.1) is 14.2 Å². The third-order valence-electron chi connectivity index (χ3n) is 5.65. The Hall–Kier alpha value is -2.54. The van der Waals surface area contributed by atoms with E-state index in [1.165, 1.54) is 14.2 Å². The molecule has 0 bridgehead atoms. The normalized spacial score (nSPS) is 13.1. The highest BCUT2D eigenvalue weighted by molar-refractivity contribution is 6.34. The molecule has 3 aromatic rings. The molecule has 0 saturated carbocycles. The molecule has 3 rings (SSSR count). The summed E-state index contributed by atoms with van der Waals surface area (Å²) in [7, 11) is 2.69. The number of hydrogen-bond donors (Lipinski definition) is 1. The lowest BCUT2D eigenvalue weighted by Crippen LogP contribution is -2.49. The number of hydrogen-bond acceptors (Lipinski definition) is 5. The van der Waals surface area contributed by atoms with Crippen LogP contribution in [-0.4, -0.2) is 42.8 Å². The number of ether oxygens (including phenoxy) is 2. The largest absolute Gasteiger partial charge is 0.468 e. The van der Waals surface area contributed by atoms with Crippen molar-refractivity contribution in [1.82, 2.24) is 9.88 Å². The number of rotatable bonds is 10. The first kappa shape index (κ1) is 26.1. The molecule has 0 radical (unpaired) electrons. The molecule has 1 N–H and O–H groups in total. The van der Waals surface area contributed by atoms with Gasteiger partial charge in [0, 0.05) is 40.1 Å². The molecular formula is C26H30Cl2N2O4. The number of aromatic nitrogens is 1. The maximum Gasteiger partial charge on any atom is 0.323 e. The number of esters is 2. The maximum atomic E-state index is 12.7. The minimum Gasteiger partial charge on any atom is -0.468 e. The van der Waals surface area contributed by atoms with Crippen LogP contribution in [0.5, 0.6) is 0 Å². The number of carbonyl (C=O) groups is 2. The number of carbonyl (C=O) groups excluding carboxylic acids is 2. The van der Waals surface area contributed by atoms with Gasteiger partial charge >= 0.3 is 11.9 Å². The highest BCUT2D eigenvalue weighted by Crippen LogP contribution is 2.26. The topological polar surface area (TPSA) is 69.6 Å². The van der Waals surface area contributed by atoms with Gasteiger partial charge in [-0.15, -0.1) is 0 Å². The number of halogens is 2. The summed E-state index contributed by atoms with van der Waals surface area (Å²) in [4.78, 5) is 25.0. The van der Waals surface area contributed by atoms with Crippen molar-refractivity contribution >= 4 is 46.0 Å². The standard InChI is InChI=1S/C26H30Cl2N2O4/c1-16(2)9-22(25(31)33-3)29-23(26(32)34-4)12-18-15-30(24-8-6-5-7-21(18)24)14-17-10-19(27)13-20(28)11-17/h5-8,10-11,13,15-16,22-23,29H,9,12,14H2,1-4H3/t22-,23?/m0/s1. The van der Waals surface area contributed by atoms with Gasteiger partial charge in [-0.05, 0) is 47.7 Å². The Morgan fingerprint density at radius 1 is 0.971 bits per heavy atom. The summed E-state index contributed by atoms with van der Waals surface area (Å²) in [6.07, 6.45) is 2.91. The molecule has 0 spiro atoms. The van der Waals surface area contributed by atoms with E-state index in [1.807, 2.05) is 56.4 Å². The lowest BCUT2D eigenvalue weighted by atomic mass is 10.00. The van der Waals surface area contributed by atoms with Crippen LogP contribution in [0.25, 0.3) is 10.9 Å². The molecular weight excluding hydrogens is 475 g/mol. The summed E-state index contributed by atoms with van der Waals surface area (Å²) in [5.41, 5.74) is 2.94. The van der Waals surface area contributed by atoms with Crippen LogP contribution in [0.2, 0.25) is 10.0 Å².